The van der Waals surface area contributed by atoms with Crippen LogP contribution >= 0.6 is 0 Å². The fourth-order valence-corrected chi connectivity index (χ4v) is 5.61. The van der Waals surface area contributed by atoms with Crippen LogP contribution in [0.4, 0.5) is 0 Å². The Morgan fingerprint density at radius 1 is 0.774 bits per heavy atom. The zero-order valence-electron chi connectivity index (χ0n) is 27.2. The predicted molar refractivity (Wildman–Crippen MR) is 176 cm³/mol. The second-order valence-corrected chi connectivity index (χ2v) is 12.2. The molecule has 0 aromatic heterocycles. The zero-order chi connectivity index (χ0) is 38.1. The minimum atomic E-state index is -1.94. The van der Waals surface area contributed by atoms with Crippen LogP contribution in [-0.2, 0) is 23.7 Å². The Balaban J connectivity index is 1.33. The Morgan fingerprint density at radius 3 is 2.21 bits per heavy atom. The van der Waals surface area contributed by atoms with Crippen molar-refractivity contribution in [2.45, 2.75) is 55.3 Å². The molecule has 18 nitrogen and oxygen atoms in total. The largest absolute Gasteiger partial charge is 0.507 e. The molecule has 6 rings (SSSR count). The number of phenolic OH excluding ortho intramolecular Hbond substituents is 5. The van der Waals surface area contributed by atoms with E-state index >= 15 is 0 Å². The Morgan fingerprint density at radius 2 is 1.49 bits per heavy atom. The number of rotatable bonds is 9. The third-order valence-corrected chi connectivity index (χ3v) is 8.48. The third kappa shape index (κ3) is 7.99. The molecular weight excluding hydrogens is 708 g/mol. The molecule has 1 aliphatic carbocycles. The normalized spacial score (nSPS) is 27.5. The summed E-state index contributed by atoms with van der Waals surface area (Å²) in [6, 6.07) is 10.5. The van der Waals surface area contributed by atoms with Gasteiger partial charge in [-0.2, -0.15) is 0 Å². The first-order valence-electron chi connectivity index (χ1n) is 15.9. The number of aliphatic hydroxyl groups excluding tert-OH is 5. The minimum absolute atomic E-state index is 0.0393. The molecule has 2 aromatic rings. The van der Waals surface area contributed by atoms with Crippen LogP contribution in [0.2, 0.25) is 0 Å². The predicted octanol–water partition coefficient (Wildman–Crippen LogP) is -0.154. The highest BCUT2D eigenvalue weighted by molar-refractivity contribution is 5.87. The molecule has 282 valence electrons. The summed E-state index contributed by atoms with van der Waals surface area (Å²) in [5.74, 6) is -3.92. The Labute approximate surface area is 298 Å². The molecule has 0 radical (unpaired) electrons. The van der Waals surface area contributed by atoms with E-state index in [1.807, 2.05) is 0 Å². The first-order chi connectivity index (χ1) is 25.2. The van der Waals surface area contributed by atoms with Gasteiger partial charge in [0.25, 0.3) is 0 Å². The summed E-state index contributed by atoms with van der Waals surface area (Å²) in [5.41, 5.74) is -0.248. The van der Waals surface area contributed by atoms with Crippen LogP contribution in [0, 0.1) is 0 Å². The van der Waals surface area contributed by atoms with Gasteiger partial charge in [-0.25, -0.2) is 4.79 Å². The first kappa shape index (κ1) is 37.3. The smallest absolute Gasteiger partial charge is 0.330 e. The van der Waals surface area contributed by atoms with E-state index in [2.05, 4.69) is 0 Å². The lowest BCUT2D eigenvalue weighted by atomic mass is 9.98. The summed E-state index contributed by atoms with van der Waals surface area (Å²) < 4.78 is 34.3. The molecule has 9 atom stereocenters. The van der Waals surface area contributed by atoms with Gasteiger partial charge < -0.3 is 79.2 Å². The highest BCUT2D eigenvalue weighted by Gasteiger charge is 2.50. The van der Waals surface area contributed by atoms with Crippen LogP contribution in [0.5, 0.6) is 34.5 Å². The summed E-state index contributed by atoms with van der Waals surface area (Å²) >= 11 is 0. The molecule has 0 saturated carbocycles. The lowest BCUT2D eigenvalue weighted by Gasteiger charge is -2.44. The molecule has 0 unspecified atom stereocenters. The Hall–Kier alpha value is -5.44. The Bertz CT molecular complexity index is 2010. The molecule has 4 aliphatic rings. The molecule has 10 N–H and O–H groups in total. The summed E-state index contributed by atoms with van der Waals surface area (Å²) in [6.45, 7) is -1.17. The van der Waals surface area contributed by atoms with Crippen molar-refractivity contribution in [3.8, 4) is 57.1 Å². The van der Waals surface area contributed by atoms with E-state index in [0.717, 1.165) is 30.3 Å². The van der Waals surface area contributed by atoms with E-state index in [1.54, 1.807) is 0 Å². The van der Waals surface area contributed by atoms with E-state index in [9.17, 15) is 60.7 Å². The number of aliphatic hydroxyl groups is 5. The molecule has 2 saturated heterocycles. The number of carbonyl (C=O) groups is 1. The van der Waals surface area contributed by atoms with Gasteiger partial charge in [-0.15, -0.1) is 0 Å². The third-order valence-electron chi connectivity index (χ3n) is 8.48. The zero-order valence-corrected chi connectivity index (χ0v) is 27.2. The van der Waals surface area contributed by atoms with Crippen molar-refractivity contribution in [2.24, 2.45) is 0 Å². The van der Waals surface area contributed by atoms with Crippen molar-refractivity contribution in [3.05, 3.63) is 76.5 Å². The molecule has 53 heavy (non-hydrogen) atoms. The van der Waals surface area contributed by atoms with Gasteiger partial charge >= 0.3 is 5.97 Å². The summed E-state index contributed by atoms with van der Waals surface area (Å²) in [4.78, 5) is 24.7. The minimum Gasteiger partial charge on any atom is -0.507 e. The van der Waals surface area contributed by atoms with Gasteiger partial charge in [0.2, 0.25) is 6.29 Å². The average molecular weight is 743 g/mol. The van der Waals surface area contributed by atoms with Crippen molar-refractivity contribution in [3.63, 3.8) is 0 Å². The van der Waals surface area contributed by atoms with Crippen molar-refractivity contribution in [2.75, 3.05) is 13.2 Å². The van der Waals surface area contributed by atoms with Crippen LogP contribution in [-0.4, -0.2) is 126 Å². The van der Waals surface area contributed by atoms with E-state index in [4.69, 9.17) is 28.1 Å². The topological polar surface area (TPSA) is 296 Å². The molecule has 0 amide bonds. The highest BCUT2D eigenvalue weighted by Crippen LogP contribution is 2.43. The fourth-order valence-electron chi connectivity index (χ4n) is 5.61. The quantitative estimate of drug-likeness (QED) is 0.0606. The van der Waals surface area contributed by atoms with Crippen LogP contribution in [0.3, 0.4) is 0 Å². The number of fused-ring (bicyclic) bond motifs is 1. The summed E-state index contributed by atoms with van der Waals surface area (Å²) in [5, 5.41) is 103. The summed E-state index contributed by atoms with van der Waals surface area (Å²) in [7, 11) is 0. The van der Waals surface area contributed by atoms with Crippen molar-refractivity contribution in [1.29, 1.82) is 0 Å². The molecule has 0 spiro atoms. The SMILES string of the molecule is O=C(C=Cc1ccc(O)c(O)c1)OC[C@H]1O[C@@H](Oc2cc3c(O)cc(=O)cc-3oc2-c2ccc(O)c(O)c2)[C@H](O[C@@H]2OC[C@@H](O)[C@H](O)[C@H]2O)[C@@H](O)[C@@H]1O. The molecule has 3 aliphatic heterocycles. The number of benzene rings is 3. The van der Waals surface area contributed by atoms with E-state index in [1.165, 1.54) is 36.4 Å². The van der Waals surface area contributed by atoms with Gasteiger partial charge in [0.1, 0.15) is 54.7 Å². The molecular formula is C35H34O18. The van der Waals surface area contributed by atoms with E-state index in [-0.39, 0.29) is 34.1 Å². The molecule has 3 heterocycles. The van der Waals surface area contributed by atoms with Crippen molar-refractivity contribution >= 4 is 12.0 Å². The number of ether oxygens (including phenoxy) is 5. The monoisotopic (exact) mass is 742 g/mol. The lowest BCUT2D eigenvalue weighted by molar-refractivity contribution is -0.345. The number of esters is 1. The maximum atomic E-state index is 12.6. The van der Waals surface area contributed by atoms with Crippen LogP contribution in [0.15, 0.2) is 69.9 Å². The fraction of sp³-hybridized carbons (Fsp3) is 0.314. The van der Waals surface area contributed by atoms with Crippen LogP contribution in [0.1, 0.15) is 5.56 Å². The molecule has 2 fully saturated rings. The average Bonchev–Trinajstić information content (AvgIpc) is 3.12. The van der Waals surface area contributed by atoms with Crippen molar-refractivity contribution in [1.82, 2.24) is 0 Å². The number of aromatic hydroxyl groups is 5. The number of carbonyl (C=O) groups excluding carboxylic acids is 1. The van der Waals surface area contributed by atoms with E-state index in [0.29, 0.717) is 5.56 Å². The molecule has 2 aromatic carbocycles. The highest BCUT2D eigenvalue weighted by atomic mass is 16.8. The molecule has 18 heteroatoms. The van der Waals surface area contributed by atoms with Gasteiger partial charge in [0.05, 0.1) is 12.2 Å². The standard InChI is InChI=1S/C35H34O18/c36-16-9-20(39)17-11-25(32(50-24(17)10-16)15-3-5-19(38)22(41)8-15)51-35-33(53-34-31(47)28(44)23(42)12-49-34)30(46)29(45)26(52-35)13-48-27(43)6-2-14-1-4-18(37)21(40)7-14/h1-11,23,26,28-31,33-35,37-42,44-47H,12-13H2/t23-,26-,28+,29-,30+,31-,33-,34+,35-/m1/s1. The number of phenols is 5. The van der Waals surface area contributed by atoms with Crippen LogP contribution in [0.25, 0.3) is 28.7 Å². The van der Waals surface area contributed by atoms with Crippen molar-refractivity contribution < 1.29 is 84.0 Å². The van der Waals surface area contributed by atoms with Gasteiger partial charge in [-0.05, 0) is 48.0 Å². The number of hydrogen-bond acceptors (Lipinski definition) is 18. The van der Waals surface area contributed by atoms with Crippen LogP contribution < -0.4 is 10.2 Å². The van der Waals surface area contributed by atoms with Gasteiger partial charge in [0, 0.05) is 23.8 Å². The Kier molecular flexibility index (Phi) is 10.8. The lowest BCUT2D eigenvalue weighted by Crippen LogP contribution is -2.64. The van der Waals surface area contributed by atoms with E-state index < -0.39 is 103 Å². The first-order valence-corrected chi connectivity index (χ1v) is 15.9. The maximum absolute atomic E-state index is 12.6. The molecule has 0 bridgehead atoms. The second kappa shape index (κ2) is 15.3. The summed E-state index contributed by atoms with van der Waals surface area (Å²) in [6.07, 6.45) is -13.4. The maximum Gasteiger partial charge on any atom is 0.330 e. The number of hydrogen-bond donors (Lipinski definition) is 10. The van der Waals surface area contributed by atoms with Gasteiger partial charge in [-0.1, -0.05) is 6.07 Å². The van der Waals surface area contributed by atoms with Gasteiger partial charge in [0.15, 0.2) is 52.3 Å². The second-order valence-electron chi connectivity index (χ2n) is 12.2. The van der Waals surface area contributed by atoms with Gasteiger partial charge in [-0.3, -0.25) is 4.79 Å².